The Morgan fingerprint density at radius 2 is 1.89 bits per heavy atom. The van der Waals surface area contributed by atoms with Crippen LogP contribution in [0.5, 0.6) is 0 Å². The molecule has 0 radical (unpaired) electrons. The van der Waals surface area contributed by atoms with E-state index in [1.54, 1.807) is 12.1 Å². The molecule has 0 atom stereocenters. The maximum absolute atomic E-state index is 13.2. The van der Waals surface area contributed by atoms with Gasteiger partial charge in [0, 0.05) is 18.2 Å². The zero-order valence-corrected chi connectivity index (χ0v) is 10.2. The van der Waals surface area contributed by atoms with Crippen LogP contribution in [0, 0.1) is 23.0 Å². The van der Waals surface area contributed by atoms with Gasteiger partial charge in [0.15, 0.2) is 0 Å². The monoisotopic (exact) mass is 259 g/mol. The number of hydrogen-bond donors (Lipinski definition) is 1. The van der Waals surface area contributed by atoms with Crippen LogP contribution in [0.1, 0.15) is 12.5 Å². The average Bonchev–Trinajstić information content (AvgIpc) is 2.38. The van der Waals surface area contributed by atoms with Crippen LogP contribution in [0.25, 0.3) is 11.3 Å². The highest BCUT2D eigenvalue weighted by atomic mass is 19.1. The van der Waals surface area contributed by atoms with Crippen molar-refractivity contribution in [3.8, 4) is 17.3 Å². The number of hydrogen-bond acceptors (Lipinski definition) is 3. The number of nitriles is 1. The normalized spacial score (nSPS) is 10.0. The van der Waals surface area contributed by atoms with E-state index in [0.29, 0.717) is 29.2 Å². The van der Waals surface area contributed by atoms with Crippen molar-refractivity contribution in [2.45, 2.75) is 6.92 Å². The van der Waals surface area contributed by atoms with Crippen LogP contribution in [0.15, 0.2) is 30.3 Å². The van der Waals surface area contributed by atoms with Crippen LogP contribution in [0.3, 0.4) is 0 Å². The number of benzene rings is 1. The van der Waals surface area contributed by atoms with E-state index in [1.165, 1.54) is 12.1 Å². The van der Waals surface area contributed by atoms with Crippen LogP contribution in [0.4, 0.5) is 14.6 Å². The number of nitrogens with one attached hydrogen (secondary N) is 1. The molecule has 0 saturated carbocycles. The van der Waals surface area contributed by atoms with Gasteiger partial charge >= 0.3 is 0 Å². The molecule has 1 N–H and O–H groups in total. The van der Waals surface area contributed by atoms with Gasteiger partial charge < -0.3 is 5.32 Å². The van der Waals surface area contributed by atoms with Crippen molar-refractivity contribution >= 4 is 5.82 Å². The summed E-state index contributed by atoms with van der Waals surface area (Å²) in [4.78, 5) is 4.22. The third-order valence-electron chi connectivity index (χ3n) is 2.52. The largest absolute Gasteiger partial charge is 0.369 e. The Balaban J connectivity index is 2.51. The molecule has 0 amide bonds. The van der Waals surface area contributed by atoms with Crippen LogP contribution >= 0.6 is 0 Å². The van der Waals surface area contributed by atoms with Crippen molar-refractivity contribution in [2.24, 2.45) is 0 Å². The van der Waals surface area contributed by atoms with Crippen molar-refractivity contribution in [3.63, 3.8) is 0 Å². The highest BCUT2D eigenvalue weighted by Crippen LogP contribution is 2.23. The van der Waals surface area contributed by atoms with Crippen molar-refractivity contribution < 1.29 is 8.78 Å². The third-order valence-corrected chi connectivity index (χ3v) is 2.52. The van der Waals surface area contributed by atoms with E-state index in [4.69, 9.17) is 5.26 Å². The molecule has 2 aromatic rings. The van der Waals surface area contributed by atoms with Crippen molar-refractivity contribution in [3.05, 3.63) is 47.5 Å². The molecule has 96 valence electrons. The first-order chi connectivity index (χ1) is 9.13. The summed E-state index contributed by atoms with van der Waals surface area (Å²) in [5.74, 6) is -0.913. The summed E-state index contributed by atoms with van der Waals surface area (Å²) in [5, 5.41) is 11.9. The van der Waals surface area contributed by atoms with E-state index in [2.05, 4.69) is 10.3 Å². The minimum atomic E-state index is -0.661. The fourth-order valence-electron chi connectivity index (χ4n) is 1.71. The molecule has 5 heteroatoms. The molecule has 0 bridgehead atoms. The van der Waals surface area contributed by atoms with Crippen molar-refractivity contribution in [2.75, 3.05) is 11.9 Å². The molecule has 0 aliphatic heterocycles. The van der Waals surface area contributed by atoms with Gasteiger partial charge in [-0.05, 0) is 31.2 Å². The first kappa shape index (κ1) is 13.0. The summed E-state index contributed by atoms with van der Waals surface area (Å²) in [5.41, 5.74) is 1.14. The molecule has 19 heavy (non-hydrogen) atoms. The second-order valence-electron chi connectivity index (χ2n) is 3.89. The quantitative estimate of drug-likeness (QED) is 0.919. The molecule has 3 nitrogen and oxygen atoms in total. The number of halogens is 2. The number of rotatable bonds is 3. The smallest absolute Gasteiger partial charge is 0.144 e. The SMILES string of the molecule is CCNc1nc(-c2cc(F)cc(F)c2)ccc1C#N. The first-order valence-corrected chi connectivity index (χ1v) is 5.75. The first-order valence-electron chi connectivity index (χ1n) is 5.75. The molecule has 2 rings (SSSR count). The minimum absolute atomic E-state index is 0.334. The number of aromatic nitrogens is 1. The molecule has 0 unspecified atom stereocenters. The Kier molecular flexibility index (Phi) is 3.71. The minimum Gasteiger partial charge on any atom is -0.369 e. The van der Waals surface area contributed by atoms with Crippen LogP contribution in [0.2, 0.25) is 0 Å². The van der Waals surface area contributed by atoms with Crippen LogP contribution < -0.4 is 5.32 Å². The topological polar surface area (TPSA) is 48.7 Å². The van der Waals surface area contributed by atoms with Crippen LogP contribution in [-0.2, 0) is 0 Å². The lowest BCUT2D eigenvalue weighted by molar-refractivity contribution is 0.584. The summed E-state index contributed by atoms with van der Waals surface area (Å²) < 4.78 is 26.3. The second-order valence-corrected chi connectivity index (χ2v) is 3.89. The molecule has 0 spiro atoms. The molecule has 0 saturated heterocycles. The summed E-state index contributed by atoms with van der Waals surface area (Å²) in [6.45, 7) is 2.47. The Morgan fingerprint density at radius 3 is 2.47 bits per heavy atom. The van der Waals surface area contributed by atoms with Crippen molar-refractivity contribution in [1.29, 1.82) is 5.26 Å². The van der Waals surface area contributed by atoms with E-state index in [-0.39, 0.29) is 0 Å². The van der Waals surface area contributed by atoms with Crippen molar-refractivity contribution in [1.82, 2.24) is 4.98 Å². The van der Waals surface area contributed by atoms with E-state index in [9.17, 15) is 8.78 Å². The lowest BCUT2D eigenvalue weighted by Gasteiger charge is -2.08. The average molecular weight is 259 g/mol. The standard InChI is InChI=1S/C14H11F2N3/c1-2-18-14-9(8-17)3-4-13(19-14)10-5-11(15)7-12(16)6-10/h3-7H,2H2,1H3,(H,18,19). The summed E-state index contributed by atoms with van der Waals surface area (Å²) in [7, 11) is 0. The fourth-order valence-corrected chi connectivity index (χ4v) is 1.71. The van der Waals surface area contributed by atoms with Gasteiger partial charge in [0.2, 0.25) is 0 Å². The molecular weight excluding hydrogens is 248 g/mol. The lowest BCUT2D eigenvalue weighted by Crippen LogP contribution is -2.02. The molecule has 1 aromatic heterocycles. The maximum atomic E-state index is 13.2. The van der Waals surface area contributed by atoms with Gasteiger partial charge in [-0.3, -0.25) is 0 Å². The van der Waals surface area contributed by atoms with Gasteiger partial charge in [0.1, 0.15) is 23.5 Å². The molecule has 0 aliphatic rings. The Hall–Kier alpha value is -2.48. The summed E-state index contributed by atoms with van der Waals surface area (Å²) in [6, 6.07) is 8.35. The van der Waals surface area contributed by atoms with Gasteiger partial charge in [-0.2, -0.15) is 5.26 Å². The van der Waals surface area contributed by atoms with Gasteiger partial charge in [0.05, 0.1) is 11.3 Å². The van der Waals surface area contributed by atoms with Gasteiger partial charge in [-0.25, -0.2) is 13.8 Å². The Bertz CT molecular complexity index is 627. The summed E-state index contributed by atoms with van der Waals surface area (Å²) >= 11 is 0. The maximum Gasteiger partial charge on any atom is 0.144 e. The Labute approximate surface area is 109 Å². The predicted molar refractivity (Wildman–Crippen MR) is 68.5 cm³/mol. The van der Waals surface area contributed by atoms with Gasteiger partial charge in [0.25, 0.3) is 0 Å². The molecular formula is C14H11F2N3. The zero-order chi connectivity index (χ0) is 13.8. The number of pyridine rings is 1. The van der Waals surface area contributed by atoms with Crippen LogP contribution in [-0.4, -0.2) is 11.5 Å². The molecule has 1 heterocycles. The van der Waals surface area contributed by atoms with Gasteiger partial charge in [-0.15, -0.1) is 0 Å². The van der Waals surface area contributed by atoms with Gasteiger partial charge in [-0.1, -0.05) is 0 Å². The molecule has 0 fully saturated rings. The number of nitrogens with zero attached hydrogens (tertiary/aromatic N) is 2. The fraction of sp³-hybridized carbons (Fsp3) is 0.143. The highest BCUT2D eigenvalue weighted by Gasteiger charge is 2.08. The van der Waals surface area contributed by atoms with E-state index in [1.807, 2.05) is 13.0 Å². The Morgan fingerprint density at radius 1 is 1.21 bits per heavy atom. The highest BCUT2D eigenvalue weighted by molar-refractivity contribution is 5.64. The zero-order valence-electron chi connectivity index (χ0n) is 10.2. The third kappa shape index (κ3) is 2.86. The second kappa shape index (κ2) is 5.44. The van der Waals surface area contributed by atoms with E-state index in [0.717, 1.165) is 6.07 Å². The van der Waals surface area contributed by atoms with E-state index >= 15 is 0 Å². The molecule has 0 aliphatic carbocycles. The van der Waals surface area contributed by atoms with E-state index < -0.39 is 11.6 Å². The summed E-state index contributed by atoms with van der Waals surface area (Å²) in [6.07, 6.45) is 0. The molecule has 1 aromatic carbocycles. The lowest BCUT2D eigenvalue weighted by atomic mass is 10.1. The number of anilines is 1. The predicted octanol–water partition coefficient (Wildman–Crippen LogP) is 3.33.